The average Bonchev–Trinajstić information content (AvgIpc) is 3.26. The van der Waals surface area contributed by atoms with Crippen molar-refractivity contribution in [3.63, 3.8) is 0 Å². The Morgan fingerprint density at radius 3 is 2.61 bits per heavy atom. The van der Waals surface area contributed by atoms with Crippen molar-refractivity contribution < 1.29 is 4.79 Å². The first-order valence-corrected chi connectivity index (χ1v) is 10.7. The summed E-state index contributed by atoms with van der Waals surface area (Å²) in [5.41, 5.74) is 8.51. The molecule has 168 valence electrons. The van der Waals surface area contributed by atoms with Crippen LogP contribution in [0.4, 0.5) is 16.4 Å². The largest absolute Gasteiger partial charge is 0.383 e. The number of anilines is 2. The number of carbonyl (C=O) groups excluding carboxylic acids is 1. The summed E-state index contributed by atoms with van der Waals surface area (Å²) in [7, 11) is 1.84. The van der Waals surface area contributed by atoms with Gasteiger partial charge in [-0.2, -0.15) is 5.10 Å². The Morgan fingerprint density at radius 2 is 1.88 bits per heavy atom. The van der Waals surface area contributed by atoms with Crippen LogP contribution in [0.5, 0.6) is 0 Å². The van der Waals surface area contributed by atoms with Gasteiger partial charge in [0.05, 0.1) is 24.0 Å². The number of nitrogens with zero attached hydrogens (tertiary/aromatic N) is 8. The number of nitrogens with two attached hydrogens (primary N) is 1. The second-order valence-electron chi connectivity index (χ2n) is 7.94. The highest BCUT2D eigenvalue weighted by Crippen LogP contribution is 2.19. The molecule has 0 spiro atoms. The maximum absolute atomic E-state index is 12.7. The molecule has 4 aromatic rings. The van der Waals surface area contributed by atoms with E-state index >= 15 is 0 Å². The number of para-hydroxylation sites is 1. The Morgan fingerprint density at radius 1 is 1.06 bits per heavy atom. The molecule has 1 aromatic carbocycles. The van der Waals surface area contributed by atoms with Gasteiger partial charge in [0.1, 0.15) is 11.6 Å². The molecule has 1 fully saturated rings. The summed E-state index contributed by atoms with van der Waals surface area (Å²) >= 11 is 0. The smallest absolute Gasteiger partial charge is 0.323 e. The number of benzene rings is 1. The Bertz CT molecular complexity index is 1280. The fourth-order valence-electron chi connectivity index (χ4n) is 3.83. The predicted molar refractivity (Wildman–Crippen MR) is 124 cm³/mol. The average molecular weight is 445 g/mol. The fourth-order valence-corrected chi connectivity index (χ4v) is 3.83. The lowest BCUT2D eigenvalue weighted by Gasteiger charge is -2.34. The van der Waals surface area contributed by atoms with E-state index in [2.05, 4.69) is 35.5 Å². The number of aryl methyl sites for hydroxylation is 1. The quantitative estimate of drug-likeness (QED) is 0.487. The molecule has 3 N–H and O–H groups in total. The minimum atomic E-state index is -0.190. The van der Waals surface area contributed by atoms with Gasteiger partial charge >= 0.3 is 6.03 Å². The van der Waals surface area contributed by atoms with E-state index in [1.54, 1.807) is 21.8 Å². The monoisotopic (exact) mass is 444 g/mol. The second-order valence-corrected chi connectivity index (χ2v) is 7.94. The van der Waals surface area contributed by atoms with Crippen LogP contribution >= 0.6 is 0 Å². The Balaban J connectivity index is 1.15. The molecule has 0 radical (unpaired) electrons. The third-order valence-electron chi connectivity index (χ3n) is 5.60. The SMILES string of the molecule is Cn1cc(-c2ccc(NC(=O)N3CCN(Cc4nc(N)c5ccccc5n4)CC3)nn2)cn1. The number of nitrogen functional groups attached to an aromatic ring is 1. The van der Waals surface area contributed by atoms with E-state index in [9.17, 15) is 4.79 Å². The second kappa shape index (κ2) is 8.79. The summed E-state index contributed by atoms with van der Waals surface area (Å²) in [6, 6.07) is 11.1. The first kappa shape index (κ1) is 20.8. The third-order valence-corrected chi connectivity index (χ3v) is 5.60. The van der Waals surface area contributed by atoms with Crippen molar-refractivity contribution >= 4 is 28.6 Å². The number of piperazine rings is 1. The van der Waals surface area contributed by atoms with Crippen molar-refractivity contribution in [3.8, 4) is 11.3 Å². The molecule has 0 aliphatic carbocycles. The van der Waals surface area contributed by atoms with Crippen LogP contribution in [-0.2, 0) is 13.6 Å². The zero-order chi connectivity index (χ0) is 22.8. The van der Waals surface area contributed by atoms with Gasteiger partial charge in [0.2, 0.25) is 0 Å². The van der Waals surface area contributed by atoms with Crippen LogP contribution in [0, 0.1) is 0 Å². The van der Waals surface area contributed by atoms with Gasteiger partial charge in [-0.1, -0.05) is 12.1 Å². The lowest BCUT2D eigenvalue weighted by molar-refractivity contribution is 0.141. The molecule has 2 amide bonds. The number of hydrogen-bond acceptors (Lipinski definition) is 8. The molecule has 3 aromatic heterocycles. The normalized spacial score (nSPS) is 14.5. The van der Waals surface area contributed by atoms with Crippen LogP contribution in [0.2, 0.25) is 0 Å². The number of aromatic nitrogens is 6. The van der Waals surface area contributed by atoms with E-state index in [-0.39, 0.29) is 6.03 Å². The van der Waals surface area contributed by atoms with Gasteiger partial charge < -0.3 is 10.6 Å². The molecule has 0 atom stereocenters. The molecule has 1 saturated heterocycles. The van der Waals surface area contributed by atoms with Gasteiger partial charge in [0.25, 0.3) is 0 Å². The zero-order valence-corrected chi connectivity index (χ0v) is 18.2. The van der Waals surface area contributed by atoms with Gasteiger partial charge in [-0.3, -0.25) is 14.9 Å². The molecule has 4 heterocycles. The molecule has 0 bridgehead atoms. The van der Waals surface area contributed by atoms with Crippen LogP contribution in [-0.4, -0.2) is 72.0 Å². The molecule has 33 heavy (non-hydrogen) atoms. The lowest BCUT2D eigenvalue weighted by atomic mass is 10.2. The zero-order valence-electron chi connectivity index (χ0n) is 18.2. The summed E-state index contributed by atoms with van der Waals surface area (Å²) in [5.74, 6) is 1.59. The summed E-state index contributed by atoms with van der Waals surface area (Å²) < 4.78 is 1.70. The van der Waals surface area contributed by atoms with Crippen LogP contribution in [0.25, 0.3) is 22.2 Å². The molecule has 11 heteroatoms. The van der Waals surface area contributed by atoms with Crippen molar-refractivity contribution in [1.29, 1.82) is 0 Å². The highest BCUT2D eigenvalue weighted by atomic mass is 16.2. The first-order valence-electron chi connectivity index (χ1n) is 10.7. The highest BCUT2D eigenvalue weighted by molar-refractivity contribution is 5.88. The molecule has 5 rings (SSSR count). The molecule has 1 aliphatic heterocycles. The number of hydrogen-bond donors (Lipinski definition) is 2. The highest BCUT2D eigenvalue weighted by Gasteiger charge is 2.22. The molecular weight excluding hydrogens is 420 g/mol. The minimum absolute atomic E-state index is 0.190. The van der Waals surface area contributed by atoms with Crippen molar-refractivity contribution in [3.05, 3.63) is 54.6 Å². The van der Waals surface area contributed by atoms with Crippen LogP contribution in [0.15, 0.2) is 48.8 Å². The van der Waals surface area contributed by atoms with Crippen LogP contribution in [0.1, 0.15) is 5.82 Å². The van der Waals surface area contributed by atoms with Gasteiger partial charge in [0.15, 0.2) is 5.82 Å². The van der Waals surface area contributed by atoms with Crippen LogP contribution < -0.4 is 11.1 Å². The number of rotatable bonds is 4. The minimum Gasteiger partial charge on any atom is -0.383 e. The van der Waals surface area contributed by atoms with Gasteiger partial charge in [-0.25, -0.2) is 14.8 Å². The fraction of sp³-hybridized carbons (Fsp3) is 0.273. The van der Waals surface area contributed by atoms with Crippen molar-refractivity contribution in [2.24, 2.45) is 7.05 Å². The lowest BCUT2D eigenvalue weighted by Crippen LogP contribution is -2.49. The number of urea groups is 1. The van der Waals surface area contributed by atoms with Gasteiger partial charge in [-0.15, -0.1) is 10.2 Å². The Hall–Kier alpha value is -4.12. The summed E-state index contributed by atoms with van der Waals surface area (Å²) in [6.45, 7) is 3.21. The standard InChI is InChI=1S/C22H24N10O/c1-30-13-15(12-24-30)17-6-7-19(29-28-17)27-22(33)32-10-8-31(9-11-32)14-20-25-18-5-3-2-4-16(18)21(23)26-20/h2-7,12-13H,8-11,14H2,1H3,(H2,23,25,26)(H,27,29,33). The Kier molecular flexibility index (Phi) is 5.53. The molecular formula is C22H24N10O. The summed E-state index contributed by atoms with van der Waals surface area (Å²) in [5, 5.41) is 16.1. The van der Waals surface area contributed by atoms with Crippen molar-refractivity contribution in [2.75, 3.05) is 37.2 Å². The summed E-state index contributed by atoms with van der Waals surface area (Å²) in [6.07, 6.45) is 3.58. The van der Waals surface area contributed by atoms with Gasteiger partial charge in [-0.05, 0) is 24.3 Å². The molecule has 0 unspecified atom stereocenters. The maximum atomic E-state index is 12.7. The first-order chi connectivity index (χ1) is 16.0. The topological polar surface area (TPSA) is 131 Å². The summed E-state index contributed by atoms with van der Waals surface area (Å²) in [4.78, 5) is 25.7. The van der Waals surface area contributed by atoms with Crippen molar-refractivity contribution in [1.82, 2.24) is 39.7 Å². The van der Waals surface area contributed by atoms with E-state index in [1.807, 2.05) is 43.6 Å². The molecule has 11 nitrogen and oxygen atoms in total. The molecule has 1 aliphatic rings. The van der Waals surface area contributed by atoms with E-state index in [0.29, 0.717) is 42.8 Å². The number of carbonyl (C=O) groups is 1. The van der Waals surface area contributed by atoms with Crippen LogP contribution in [0.3, 0.4) is 0 Å². The number of fused-ring (bicyclic) bond motifs is 1. The maximum Gasteiger partial charge on any atom is 0.323 e. The number of nitrogens with one attached hydrogen (secondary N) is 1. The van der Waals surface area contributed by atoms with E-state index in [0.717, 1.165) is 29.6 Å². The third kappa shape index (κ3) is 4.58. The Labute approximate surface area is 190 Å². The van der Waals surface area contributed by atoms with E-state index in [1.165, 1.54) is 0 Å². The predicted octanol–water partition coefficient (Wildman–Crippen LogP) is 1.75. The van der Waals surface area contributed by atoms with E-state index in [4.69, 9.17) is 5.73 Å². The van der Waals surface area contributed by atoms with E-state index < -0.39 is 0 Å². The van der Waals surface area contributed by atoms with Crippen molar-refractivity contribution in [2.45, 2.75) is 6.54 Å². The van der Waals surface area contributed by atoms with Gasteiger partial charge in [0, 0.05) is 50.4 Å². The number of amides is 2. The molecule has 0 saturated carbocycles.